The second-order valence-electron chi connectivity index (χ2n) is 5.41. The molecule has 1 heterocycles. The molecule has 116 valence electrons. The molecular weight excluding hydrogens is 305 g/mol. The summed E-state index contributed by atoms with van der Waals surface area (Å²) in [6.07, 6.45) is 1.71. The first kappa shape index (κ1) is 14.3. The van der Waals surface area contributed by atoms with Crippen molar-refractivity contribution >= 4 is 28.7 Å². The van der Waals surface area contributed by atoms with Gasteiger partial charge in [0.05, 0.1) is 0 Å². The first-order chi connectivity index (χ1) is 11.7. The van der Waals surface area contributed by atoms with Crippen LogP contribution in [0.5, 0.6) is 0 Å². The molecule has 0 spiro atoms. The van der Waals surface area contributed by atoms with E-state index in [1.54, 1.807) is 6.08 Å². The van der Waals surface area contributed by atoms with E-state index >= 15 is 0 Å². The van der Waals surface area contributed by atoms with E-state index in [9.17, 15) is 9.18 Å². The Bertz CT molecular complexity index is 998. The number of hydrogen-bond acceptors (Lipinski definition) is 3. The number of carbonyl (C=O) groups excluding carboxylic acids is 1. The smallest absolute Gasteiger partial charge is 0.363 e. The number of halogens is 1. The van der Waals surface area contributed by atoms with Crippen LogP contribution in [0.3, 0.4) is 0 Å². The fourth-order valence-corrected chi connectivity index (χ4v) is 2.65. The molecule has 0 bridgehead atoms. The Morgan fingerprint density at radius 3 is 2.50 bits per heavy atom. The third kappa shape index (κ3) is 2.58. The van der Waals surface area contributed by atoms with E-state index in [-0.39, 0.29) is 17.4 Å². The zero-order valence-electron chi connectivity index (χ0n) is 12.6. The van der Waals surface area contributed by atoms with Crippen LogP contribution < -0.4 is 0 Å². The maximum absolute atomic E-state index is 13.0. The van der Waals surface area contributed by atoms with Gasteiger partial charge in [0.25, 0.3) is 0 Å². The van der Waals surface area contributed by atoms with E-state index in [1.165, 1.54) is 24.3 Å². The molecule has 3 aromatic rings. The van der Waals surface area contributed by atoms with Crippen LogP contribution in [0.15, 0.2) is 77.4 Å². The maximum atomic E-state index is 13.0. The van der Waals surface area contributed by atoms with Gasteiger partial charge < -0.3 is 4.74 Å². The lowest BCUT2D eigenvalue weighted by atomic mass is 10.0. The third-order valence-electron chi connectivity index (χ3n) is 3.83. The molecule has 3 aromatic carbocycles. The summed E-state index contributed by atoms with van der Waals surface area (Å²) in [6.45, 7) is 0. The van der Waals surface area contributed by atoms with Crippen molar-refractivity contribution in [1.29, 1.82) is 0 Å². The number of ether oxygens (including phenoxy) is 1. The second-order valence-corrected chi connectivity index (χ2v) is 5.41. The summed E-state index contributed by atoms with van der Waals surface area (Å²) in [6, 6.07) is 19.5. The first-order valence-electron chi connectivity index (χ1n) is 7.47. The topological polar surface area (TPSA) is 38.7 Å². The molecule has 4 heteroatoms. The van der Waals surface area contributed by atoms with Crippen LogP contribution in [0.1, 0.15) is 11.1 Å². The zero-order chi connectivity index (χ0) is 16.5. The number of rotatable bonds is 2. The summed E-state index contributed by atoms with van der Waals surface area (Å²) in [5, 5.41) is 2.12. The van der Waals surface area contributed by atoms with Gasteiger partial charge in [0.2, 0.25) is 5.90 Å². The predicted molar refractivity (Wildman–Crippen MR) is 91.0 cm³/mol. The van der Waals surface area contributed by atoms with Gasteiger partial charge in [-0.25, -0.2) is 14.2 Å². The molecule has 0 fully saturated rings. The monoisotopic (exact) mass is 317 g/mol. The van der Waals surface area contributed by atoms with Gasteiger partial charge >= 0.3 is 5.97 Å². The average Bonchev–Trinajstić information content (AvgIpc) is 2.97. The highest BCUT2D eigenvalue weighted by Crippen LogP contribution is 2.24. The summed E-state index contributed by atoms with van der Waals surface area (Å²) in [7, 11) is 0. The predicted octanol–water partition coefficient (Wildman–Crippen LogP) is 4.32. The first-order valence-corrected chi connectivity index (χ1v) is 7.47. The summed E-state index contributed by atoms with van der Waals surface area (Å²) in [5.41, 5.74) is 1.68. The number of carbonyl (C=O) groups is 1. The van der Waals surface area contributed by atoms with Crippen LogP contribution in [0, 0.1) is 5.82 Å². The molecule has 4 rings (SSSR count). The van der Waals surface area contributed by atoms with Crippen molar-refractivity contribution in [2.75, 3.05) is 0 Å². The molecule has 1 aliphatic heterocycles. The lowest BCUT2D eigenvalue weighted by Gasteiger charge is -2.01. The molecule has 0 amide bonds. The number of hydrogen-bond donors (Lipinski definition) is 0. The molecule has 0 radical (unpaired) electrons. The fraction of sp³-hybridized carbons (Fsp3) is 0. The normalized spacial score (nSPS) is 15.6. The lowest BCUT2D eigenvalue weighted by Crippen LogP contribution is -2.05. The maximum Gasteiger partial charge on any atom is 0.363 e. The molecule has 24 heavy (non-hydrogen) atoms. The Labute approximate surface area is 137 Å². The van der Waals surface area contributed by atoms with Crippen molar-refractivity contribution in [2.24, 2.45) is 4.99 Å². The Morgan fingerprint density at radius 1 is 0.917 bits per heavy atom. The van der Waals surface area contributed by atoms with Gasteiger partial charge in [0.15, 0.2) is 5.70 Å². The van der Waals surface area contributed by atoms with Gasteiger partial charge in [0.1, 0.15) is 5.82 Å². The SMILES string of the molecule is O=C1OC(c2ccc(F)cc2)=N/C1=C/c1cccc2ccccc12. The molecule has 1 aliphatic rings. The summed E-state index contributed by atoms with van der Waals surface area (Å²) < 4.78 is 18.2. The Morgan fingerprint density at radius 2 is 1.67 bits per heavy atom. The minimum Gasteiger partial charge on any atom is -0.402 e. The second kappa shape index (κ2) is 5.74. The fourth-order valence-electron chi connectivity index (χ4n) is 2.65. The van der Waals surface area contributed by atoms with Crippen LogP contribution in [0.25, 0.3) is 16.8 Å². The van der Waals surface area contributed by atoms with Crippen LogP contribution >= 0.6 is 0 Å². The van der Waals surface area contributed by atoms with E-state index in [0.717, 1.165) is 16.3 Å². The molecule has 0 unspecified atom stereocenters. The molecule has 0 saturated carbocycles. The number of esters is 1. The van der Waals surface area contributed by atoms with Crippen molar-refractivity contribution in [3.63, 3.8) is 0 Å². The highest BCUT2D eigenvalue weighted by Gasteiger charge is 2.24. The summed E-state index contributed by atoms with van der Waals surface area (Å²) >= 11 is 0. The summed E-state index contributed by atoms with van der Waals surface area (Å²) in [4.78, 5) is 16.3. The molecule has 0 N–H and O–H groups in total. The minimum atomic E-state index is -0.512. The quantitative estimate of drug-likeness (QED) is 0.521. The van der Waals surface area contributed by atoms with Crippen LogP contribution in [-0.4, -0.2) is 11.9 Å². The minimum absolute atomic E-state index is 0.187. The Kier molecular flexibility index (Phi) is 3.43. The standard InChI is InChI=1S/C20H12FNO2/c21-16-10-8-14(9-11-16)19-22-18(20(23)24-19)12-15-6-3-5-13-4-1-2-7-17(13)15/h1-12H/b18-12+. The zero-order valence-corrected chi connectivity index (χ0v) is 12.6. The van der Waals surface area contributed by atoms with E-state index < -0.39 is 5.97 Å². The van der Waals surface area contributed by atoms with E-state index in [2.05, 4.69) is 4.99 Å². The highest BCUT2D eigenvalue weighted by molar-refractivity contribution is 6.13. The van der Waals surface area contributed by atoms with Gasteiger partial charge in [-0.15, -0.1) is 0 Å². The van der Waals surface area contributed by atoms with Crippen molar-refractivity contribution in [2.45, 2.75) is 0 Å². The number of fused-ring (bicyclic) bond motifs is 1. The molecule has 0 saturated heterocycles. The van der Waals surface area contributed by atoms with Gasteiger partial charge in [-0.2, -0.15) is 0 Å². The molecule has 0 aliphatic carbocycles. The largest absolute Gasteiger partial charge is 0.402 e. The van der Waals surface area contributed by atoms with Gasteiger partial charge in [-0.3, -0.25) is 0 Å². The van der Waals surface area contributed by atoms with Crippen LogP contribution in [0.2, 0.25) is 0 Å². The third-order valence-corrected chi connectivity index (χ3v) is 3.83. The number of nitrogens with zero attached hydrogens (tertiary/aromatic N) is 1. The highest BCUT2D eigenvalue weighted by atomic mass is 19.1. The number of cyclic esters (lactones) is 1. The van der Waals surface area contributed by atoms with Gasteiger partial charge in [-0.05, 0) is 46.7 Å². The average molecular weight is 317 g/mol. The number of aliphatic imine (C=N–C) groups is 1. The Balaban J connectivity index is 1.76. The molecule has 3 nitrogen and oxygen atoms in total. The van der Waals surface area contributed by atoms with E-state index in [4.69, 9.17) is 4.74 Å². The van der Waals surface area contributed by atoms with Crippen molar-refractivity contribution in [1.82, 2.24) is 0 Å². The number of benzene rings is 3. The van der Waals surface area contributed by atoms with E-state index in [1.807, 2.05) is 42.5 Å². The van der Waals surface area contributed by atoms with Gasteiger partial charge in [0, 0.05) is 5.56 Å². The van der Waals surface area contributed by atoms with E-state index in [0.29, 0.717) is 5.56 Å². The Hall–Kier alpha value is -3.27. The van der Waals surface area contributed by atoms with Gasteiger partial charge in [-0.1, -0.05) is 42.5 Å². The molecular formula is C20H12FNO2. The van der Waals surface area contributed by atoms with Crippen molar-refractivity contribution in [3.05, 3.63) is 89.4 Å². The van der Waals surface area contributed by atoms with Crippen LogP contribution in [0.4, 0.5) is 4.39 Å². The summed E-state index contributed by atoms with van der Waals surface area (Å²) in [5.74, 6) is -0.677. The lowest BCUT2D eigenvalue weighted by molar-refractivity contribution is -0.129. The van der Waals surface area contributed by atoms with Crippen molar-refractivity contribution in [3.8, 4) is 0 Å². The van der Waals surface area contributed by atoms with Crippen LogP contribution in [-0.2, 0) is 9.53 Å². The molecule has 0 atom stereocenters. The molecule has 0 aromatic heterocycles. The van der Waals surface area contributed by atoms with Crippen molar-refractivity contribution < 1.29 is 13.9 Å².